The van der Waals surface area contributed by atoms with E-state index < -0.39 is 27.2 Å². The van der Waals surface area contributed by atoms with Crippen LogP contribution in [0.5, 0.6) is 11.5 Å². The molecular formula is C22H20N4O7. The average molecular weight is 452 g/mol. The second-order valence-corrected chi connectivity index (χ2v) is 6.81. The molecule has 2 aromatic carbocycles. The van der Waals surface area contributed by atoms with E-state index in [-0.39, 0.29) is 30.9 Å². The van der Waals surface area contributed by atoms with Gasteiger partial charge in [-0.25, -0.2) is 0 Å². The first-order valence-electron chi connectivity index (χ1n) is 9.80. The van der Waals surface area contributed by atoms with E-state index in [1.165, 1.54) is 13.2 Å². The number of hydrogen-bond acceptors (Lipinski definition) is 9. The van der Waals surface area contributed by atoms with Crippen LogP contribution < -0.4 is 9.64 Å². The molecule has 0 spiro atoms. The van der Waals surface area contributed by atoms with Crippen molar-refractivity contribution in [3.63, 3.8) is 0 Å². The highest BCUT2D eigenvalue weighted by molar-refractivity contribution is 5.74. The summed E-state index contributed by atoms with van der Waals surface area (Å²) in [5.74, 6) is -0.353. The van der Waals surface area contributed by atoms with Crippen LogP contribution in [0.1, 0.15) is 12.1 Å². The molecule has 3 aromatic rings. The van der Waals surface area contributed by atoms with Crippen molar-refractivity contribution in [2.75, 3.05) is 18.6 Å². The number of anilines is 1. The highest BCUT2D eigenvalue weighted by Crippen LogP contribution is 2.41. The van der Waals surface area contributed by atoms with Crippen LogP contribution in [0, 0.1) is 20.2 Å². The molecule has 0 bridgehead atoms. The summed E-state index contributed by atoms with van der Waals surface area (Å²) in [6.45, 7) is 0.161. The summed E-state index contributed by atoms with van der Waals surface area (Å²) in [6.07, 6.45) is 1.51. The maximum atomic E-state index is 11.8. The number of ether oxygens (including phenoxy) is 2. The molecular weight excluding hydrogens is 432 g/mol. The number of nitro benzene ring substituents is 2. The monoisotopic (exact) mass is 452 g/mol. The molecule has 0 radical (unpaired) electrons. The van der Waals surface area contributed by atoms with Gasteiger partial charge in [-0.15, -0.1) is 0 Å². The molecule has 0 aliphatic heterocycles. The van der Waals surface area contributed by atoms with E-state index in [2.05, 4.69) is 9.72 Å². The lowest BCUT2D eigenvalue weighted by Crippen LogP contribution is -2.27. The molecule has 33 heavy (non-hydrogen) atoms. The summed E-state index contributed by atoms with van der Waals surface area (Å²) < 4.78 is 10.4. The van der Waals surface area contributed by atoms with Crippen LogP contribution in [0.2, 0.25) is 0 Å². The molecule has 0 atom stereocenters. The first kappa shape index (κ1) is 23.1. The van der Waals surface area contributed by atoms with Crippen LogP contribution >= 0.6 is 0 Å². The van der Waals surface area contributed by atoms with Gasteiger partial charge in [-0.3, -0.25) is 30.0 Å². The molecule has 0 unspecified atom stereocenters. The second-order valence-electron chi connectivity index (χ2n) is 6.81. The molecule has 0 aliphatic carbocycles. The molecule has 3 rings (SSSR count). The van der Waals surface area contributed by atoms with Gasteiger partial charge in [0, 0.05) is 18.8 Å². The number of rotatable bonds is 10. The molecule has 11 nitrogen and oxygen atoms in total. The van der Waals surface area contributed by atoms with Gasteiger partial charge < -0.3 is 14.4 Å². The van der Waals surface area contributed by atoms with Gasteiger partial charge in [0.1, 0.15) is 11.4 Å². The number of nitrogens with zero attached hydrogens (tertiary/aromatic N) is 4. The normalized spacial score (nSPS) is 10.3. The molecule has 0 fully saturated rings. The molecule has 1 heterocycles. The SMILES string of the molecule is COC(=O)CCN(Cc1ccccn1)c1cc(Oc2ccccc2)c([N+](=O)[O-])cc1[N+](=O)[O-]. The Morgan fingerprint density at radius 2 is 1.70 bits per heavy atom. The van der Waals surface area contributed by atoms with Gasteiger partial charge in [-0.2, -0.15) is 0 Å². The van der Waals surface area contributed by atoms with Crippen molar-refractivity contribution in [3.8, 4) is 11.5 Å². The predicted molar refractivity (Wildman–Crippen MR) is 118 cm³/mol. The van der Waals surface area contributed by atoms with Crippen LogP contribution in [0.4, 0.5) is 17.1 Å². The van der Waals surface area contributed by atoms with Crippen LogP contribution in [0.25, 0.3) is 0 Å². The third kappa shape index (κ3) is 6.00. The van der Waals surface area contributed by atoms with E-state index in [1.807, 2.05) is 0 Å². The quantitative estimate of drug-likeness (QED) is 0.251. The van der Waals surface area contributed by atoms with Crippen molar-refractivity contribution in [3.05, 3.63) is 92.8 Å². The minimum Gasteiger partial charge on any atom is -0.469 e. The topological polar surface area (TPSA) is 138 Å². The van der Waals surface area contributed by atoms with E-state index in [4.69, 9.17) is 4.74 Å². The number of esters is 1. The van der Waals surface area contributed by atoms with Crippen LogP contribution in [-0.4, -0.2) is 34.5 Å². The maximum Gasteiger partial charge on any atom is 0.318 e. The highest BCUT2D eigenvalue weighted by Gasteiger charge is 2.29. The Kier molecular flexibility index (Phi) is 7.47. The summed E-state index contributed by atoms with van der Waals surface area (Å²) in [4.78, 5) is 39.5. The number of benzene rings is 2. The Morgan fingerprint density at radius 3 is 2.30 bits per heavy atom. The van der Waals surface area contributed by atoms with Gasteiger partial charge in [0.15, 0.2) is 0 Å². The Balaban J connectivity index is 2.10. The van der Waals surface area contributed by atoms with Gasteiger partial charge in [0.25, 0.3) is 5.69 Å². The number of hydrogen-bond donors (Lipinski definition) is 0. The third-order valence-corrected chi connectivity index (χ3v) is 4.65. The van der Waals surface area contributed by atoms with Gasteiger partial charge >= 0.3 is 11.7 Å². The maximum absolute atomic E-state index is 11.8. The molecule has 170 valence electrons. The van der Waals surface area contributed by atoms with Crippen LogP contribution in [-0.2, 0) is 16.1 Å². The zero-order valence-electron chi connectivity index (χ0n) is 17.6. The van der Waals surface area contributed by atoms with Gasteiger partial charge in [0.05, 0.1) is 41.7 Å². The van der Waals surface area contributed by atoms with Crippen LogP contribution in [0.15, 0.2) is 66.9 Å². The molecule has 0 saturated carbocycles. The third-order valence-electron chi connectivity index (χ3n) is 4.65. The first-order chi connectivity index (χ1) is 15.9. The fourth-order valence-electron chi connectivity index (χ4n) is 3.09. The first-order valence-corrected chi connectivity index (χ1v) is 9.80. The van der Waals surface area contributed by atoms with Crippen molar-refractivity contribution < 1.29 is 24.1 Å². The fourth-order valence-corrected chi connectivity index (χ4v) is 3.09. The summed E-state index contributed by atoms with van der Waals surface area (Å²) in [5, 5.41) is 23.5. The van der Waals surface area contributed by atoms with E-state index >= 15 is 0 Å². The van der Waals surface area contributed by atoms with Crippen molar-refractivity contribution in [1.29, 1.82) is 0 Å². The lowest BCUT2D eigenvalue weighted by atomic mass is 10.1. The highest BCUT2D eigenvalue weighted by atomic mass is 16.6. The predicted octanol–water partition coefficient (Wildman–Crippen LogP) is 4.26. The van der Waals surface area contributed by atoms with Crippen molar-refractivity contribution in [1.82, 2.24) is 4.98 Å². The number of carbonyl (C=O) groups is 1. The molecule has 11 heteroatoms. The van der Waals surface area contributed by atoms with E-state index in [1.54, 1.807) is 59.6 Å². The van der Waals surface area contributed by atoms with Crippen molar-refractivity contribution in [2.24, 2.45) is 0 Å². The van der Waals surface area contributed by atoms with E-state index in [9.17, 15) is 25.0 Å². The lowest BCUT2D eigenvalue weighted by Gasteiger charge is -2.24. The molecule has 0 N–H and O–H groups in total. The number of pyridine rings is 1. The Bertz CT molecular complexity index is 1140. The Hall–Kier alpha value is -4.54. The molecule has 1 aromatic heterocycles. The summed E-state index contributed by atoms with van der Waals surface area (Å²) in [5.41, 5.74) is -0.422. The number of methoxy groups -OCH3 is 1. The molecule has 0 aliphatic rings. The summed E-state index contributed by atoms with van der Waals surface area (Å²) >= 11 is 0. The number of para-hydroxylation sites is 1. The number of nitro groups is 2. The number of carbonyl (C=O) groups excluding carboxylic acids is 1. The fraction of sp³-hybridized carbons (Fsp3) is 0.182. The Labute approximate surface area is 188 Å². The molecule has 0 amide bonds. The summed E-state index contributed by atoms with van der Waals surface area (Å²) in [7, 11) is 1.24. The smallest absolute Gasteiger partial charge is 0.318 e. The van der Waals surface area contributed by atoms with Gasteiger partial charge in [0.2, 0.25) is 5.75 Å². The Morgan fingerprint density at radius 1 is 1.00 bits per heavy atom. The van der Waals surface area contributed by atoms with Crippen molar-refractivity contribution >= 4 is 23.0 Å². The minimum atomic E-state index is -0.743. The van der Waals surface area contributed by atoms with Gasteiger partial charge in [-0.1, -0.05) is 24.3 Å². The van der Waals surface area contributed by atoms with Crippen LogP contribution in [0.3, 0.4) is 0 Å². The molecule has 0 saturated heterocycles. The van der Waals surface area contributed by atoms with E-state index in [0.717, 1.165) is 6.07 Å². The lowest BCUT2D eigenvalue weighted by molar-refractivity contribution is -0.394. The minimum absolute atomic E-state index is 0.0473. The second kappa shape index (κ2) is 10.7. The largest absolute Gasteiger partial charge is 0.469 e. The zero-order valence-corrected chi connectivity index (χ0v) is 17.6. The average Bonchev–Trinajstić information content (AvgIpc) is 2.82. The zero-order chi connectivity index (χ0) is 23.8. The summed E-state index contributed by atoms with van der Waals surface area (Å²) in [6, 6.07) is 15.7. The van der Waals surface area contributed by atoms with E-state index in [0.29, 0.717) is 11.4 Å². The number of aromatic nitrogens is 1. The van der Waals surface area contributed by atoms with Crippen molar-refractivity contribution in [2.45, 2.75) is 13.0 Å². The standard InChI is InChI=1S/C22H20N4O7/c1-32-22(27)10-12-24(15-16-7-5-6-11-23-16)18-14-21(33-17-8-3-2-4-9-17)20(26(30)31)13-19(18)25(28)29/h2-9,11,13-14H,10,12,15H2,1H3. The van der Waals surface area contributed by atoms with Gasteiger partial charge in [-0.05, 0) is 24.3 Å².